The SMILES string of the molecule is O=C1CN=C(c2ccc3c(c2)Oc2ccccc2N3C2CCN(Cc3ccoc3)CC2)NO1. The molecule has 1 N–H and O–H groups in total. The van der Waals surface area contributed by atoms with Crippen LogP contribution in [0.3, 0.4) is 0 Å². The number of para-hydroxylation sites is 2. The van der Waals surface area contributed by atoms with Crippen molar-refractivity contribution >= 4 is 23.2 Å². The van der Waals surface area contributed by atoms with Crippen LogP contribution in [0.4, 0.5) is 11.4 Å². The molecule has 8 heteroatoms. The lowest BCUT2D eigenvalue weighted by atomic mass is 9.99. The molecule has 3 aliphatic rings. The number of piperidine rings is 1. The third-order valence-corrected chi connectivity index (χ3v) is 6.37. The van der Waals surface area contributed by atoms with Gasteiger partial charge in [0, 0.05) is 36.8 Å². The van der Waals surface area contributed by atoms with Crippen LogP contribution in [0.15, 0.2) is 70.5 Å². The second-order valence-corrected chi connectivity index (χ2v) is 8.50. The highest BCUT2D eigenvalue weighted by Gasteiger charge is 2.33. The summed E-state index contributed by atoms with van der Waals surface area (Å²) in [7, 11) is 0. The van der Waals surface area contributed by atoms with Gasteiger partial charge in [0.05, 0.1) is 23.9 Å². The molecule has 4 heterocycles. The Kier molecular flexibility index (Phi) is 4.99. The summed E-state index contributed by atoms with van der Waals surface area (Å²) in [5, 5.41) is 0. The van der Waals surface area contributed by atoms with Crippen LogP contribution in [0.5, 0.6) is 11.5 Å². The number of nitrogens with one attached hydrogen (secondary N) is 1. The average molecular weight is 444 g/mol. The summed E-state index contributed by atoms with van der Waals surface area (Å²) in [5.41, 5.74) is 6.79. The Morgan fingerprint density at radius 3 is 2.67 bits per heavy atom. The minimum Gasteiger partial charge on any atom is -0.472 e. The molecule has 0 spiro atoms. The molecule has 3 aliphatic heterocycles. The Labute approximate surface area is 191 Å². The van der Waals surface area contributed by atoms with Crippen LogP contribution in [-0.2, 0) is 16.2 Å². The fourth-order valence-corrected chi connectivity index (χ4v) is 4.77. The summed E-state index contributed by atoms with van der Waals surface area (Å²) < 4.78 is 11.5. The molecular weight excluding hydrogens is 420 g/mol. The number of hydrogen-bond acceptors (Lipinski definition) is 8. The molecule has 8 nitrogen and oxygen atoms in total. The number of benzene rings is 2. The Morgan fingerprint density at radius 2 is 1.88 bits per heavy atom. The molecule has 2 aromatic carbocycles. The maximum atomic E-state index is 11.3. The van der Waals surface area contributed by atoms with Gasteiger partial charge >= 0.3 is 5.97 Å². The smallest absolute Gasteiger partial charge is 0.353 e. The lowest BCUT2D eigenvalue weighted by Gasteiger charge is -2.42. The number of likely N-dealkylation sites (tertiary alicyclic amines) is 1. The van der Waals surface area contributed by atoms with Crippen LogP contribution in [0, 0.1) is 0 Å². The number of aliphatic imine (C=N–C) groups is 1. The molecule has 0 saturated carbocycles. The number of nitrogens with zero attached hydrogens (tertiary/aromatic N) is 3. The Balaban J connectivity index is 1.27. The van der Waals surface area contributed by atoms with Gasteiger partial charge in [0.1, 0.15) is 6.54 Å². The van der Waals surface area contributed by atoms with Crippen molar-refractivity contribution in [1.29, 1.82) is 0 Å². The van der Waals surface area contributed by atoms with Crippen molar-refractivity contribution in [3.63, 3.8) is 0 Å². The van der Waals surface area contributed by atoms with Crippen LogP contribution < -0.4 is 15.1 Å². The second-order valence-electron chi connectivity index (χ2n) is 8.50. The highest BCUT2D eigenvalue weighted by Crippen LogP contribution is 2.49. The number of fused-ring (bicyclic) bond motifs is 2. The number of furan rings is 1. The van der Waals surface area contributed by atoms with Crippen molar-refractivity contribution in [2.24, 2.45) is 4.99 Å². The summed E-state index contributed by atoms with van der Waals surface area (Å²) >= 11 is 0. The predicted molar refractivity (Wildman–Crippen MR) is 123 cm³/mol. The van der Waals surface area contributed by atoms with Crippen molar-refractivity contribution < 1.29 is 18.8 Å². The molecule has 0 atom stereocenters. The first kappa shape index (κ1) is 19.9. The van der Waals surface area contributed by atoms with Gasteiger partial charge in [0.25, 0.3) is 0 Å². The second kappa shape index (κ2) is 8.29. The summed E-state index contributed by atoms with van der Waals surface area (Å²) in [6.45, 7) is 2.97. The number of ether oxygens (including phenoxy) is 1. The van der Waals surface area contributed by atoms with Gasteiger partial charge < -0.3 is 18.9 Å². The Hall–Kier alpha value is -3.78. The van der Waals surface area contributed by atoms with Crippen molar-refractivity contribution in [2.45, 2.75) is 25.4 Å². The monoisotopic (exact) mass is 444 g/mol. The molecule has 6 rings (SSSR count). The van der Waals surface area contributed by atoms with Gasteiger partial charge in [-0.1, -0.05) is 12.1 Å². The molecule has 1 fully saturated rings. The van der Waals surface area contributed by atoms with Gasteiger partial charge in [0.15, 0.2) is 17.3 Å². The predicted octanol–water partition coefficient (Wildman–Crippen LogP) is 4.00. The minimum atomic E-state index is -0.396. The molecular formula is C25H24N4O4. The van der Waals surface area contributed by atoms with E-state index in [9.17, 15) is 4.79 Å². The molecule has 0 amide bonds. The Morgan fingerprint density at radius 1 is 1.03 bits per heavy atom. The van der Waals surface area contributed by atoms with Crippen molar-refractivity contribution in [1.82, 2.24) is 10.4 Å². The van der Waals surface area contributed by atoms with Crippen LogP contribution in [0.25, 0.3) is 0 Å². The molecule has 1 aromatic heterocycles. The van der Waals surface area contributed by atoms with E-state index in [2.05, 4.69) is 38.5 Å². The molecule has 0 radical (unpaired) electrons. The van der Waals surface area contributed by atoms with Gasteiger partial charge in [-0.05, 0) is 49.2 Å². The van der Waals surface area contributed by atoms with E-state index in [0.717, 1.165) is 60.9 Å². The van der Waals surface area contributed by atoms with Gasteiger partial charge in [-0.15, -0.1) is 0 Å². The van der Waals surface area contributed by atoms with E-state index < -0.39 is 5.97 Å². The number of hydrogen-bond donors (Lipinski definition) is 1. The summed E-state index contributed by atoms with van der Waals surface area (Å²) in [4.78, 5) is 25.4. The van der Waals surface area contributed by atoms with Crippen LogP contribution in [0.2, 0.25) is 0 Å². The number of anilines is 2. The molecule has 3 aromatic rings. The van der Waals surface area contributed by atoms with E-state index >= 15 is 0 Å². The third-order valence-electron chi connectivity index (χ3n) is 6.37. The first-order chi connectivity index (χ1) is 16.2. The number of carbonyl (C=O) groups is 1. The Bertz CT molecular complexity index is 1200. The molecule has 1 saturated heterocycles. The summed E-state index contributed by atoms with van der Waals surface area (Å²) in [5.74, 6) is 1.74. The number of hydroxylamine groups is 1. The lowest BCUT2D eigenvalue weighted by Crippen LogP contribution is -2.43. The fraction of sp³-hybridized carbons (Fsp3) is 0.280. The zero-order valence-electron chi connectivity index (χ0n) is 18.1. The van der Waals surface area contributed by atoms with E-state index in [4.69, 9.17) is 14.0 Å². The molecule has 168 valence electrons. The number of rotatable bonds is 4. The van der Waals surface area contributed by atoms with Crippen LogP contribution in [0.1, 0.15) is 24.0 Å². The van der Waals surface area contributed by atoms with Gasteiger partial charge in [0.2, 0.25) is 0 Å². The molecule has 0 aliphatic carbocycles. The van der Waals surface area contributed by atoms with Crippen LogP contribution in [-0.4, -0.2) is 42.4 Å². The number of carbonyl (C=O) groups excluding carboxylic acids is 1. The third kappa shape index (κ3) is 3.82. The van der Waals surface area contributed by atoms with Crippen molar-refractivity contribution in [3.05, 3.63) is 72.2 Å². The van der Waals surface area contributed by atoms with Crippen molar-refractivity contribution in [2.75, 3.05) is 24.5 Å². The van der Waals surface area contributed by atoms with Gasteiger partial charge in [-0.2, -0.15) is 0 Å². The highest BCUT2D eigenvalue weighted by molar-refractivity contribution is 6.02. The lowest BCUT2D eigenvalue weighted by molar-refractivity contribution is -0.147. The van der Waals surface area contributed by atoms with E-state index in [0.29, 0.717) is 11.9 Å². The quantitative estimate of drug-likeness (QED) is 0.652. The molecule has 0 unspecified atom stereocenters. The maximum absolute atomic E-state index is 11.3. The van der Waals surface area contributed by atoms with E-state index in [1.165, 1.54) is 5.56 Å². The average Bonchev–Trinajstić information content (AvgIpc) is 3.36. The maximum Gasteiger partial charge on any atom is 0.353 e. The number of amidine groups is 1. The van der Waals surface area contributed by atoms with Crippen LogP contribution >= 0.6 is 0 Å². The first-order valence-corrected chi connectivity index (χ1v) is 11.2. The highest BCUT2D eigenvalue weighted by atomic mass is 16.7. The standard InChI is InChI=1S/C25H24N4O4/c30-24-14-26-25(27-33-24)18-5-6-21-23(13-18)32-22-4-2-1-3-20(22)29(21)19-7-10-28(11-8-19)15-17-9-12-31-16-17/h1-6,9,12-13,16,19H,7-8,10-11,14-15H2,(H,26,27). The zero-order valence-corrected chi connectivity index (χ0v) is 18.1. The van der Waals surface area contributed by atoms with E-state index in [1.807, 2.05) is 36.6 Å². The summed E-state index contributed by atoms with van der Waals surface area (Å²) in [6.07, 6.45) is 5.66. The van der Waals surface area contributed by atoms with Gasteiger partial charge in [-0.25, -0.2) is 10.3 Å². The summed E-state index contributed by atoms with van der Waals surface area (Å²) in [6, 6.07) is 16.6. The zero-order chi connectivity index (χ0) is 22.2. The largest absolute Gasteiger partial charge is 0.472 e. The molecule has 33 heavy (non-hydrogen) atoms. The van der Waals surface area contributed by atoms with E-state index in [1.54, 1.807) is 6.26 Å². The first-order valence-electron chi connectivity index (χ1n) is 11.2. The topological polar surface area (TPSA) is 79.5 Å². The van der Waals surface area contributed by atoms with E-state index in [-0.39, 0.29) is 6.54 Å². The van der Waals surface area contributed by atoms with Gasteiger partial charge in [-0.3, -0.25) is 9.89 Å². The van der Waals surface area contributed by atoms with Crippen molar-refractivity contribution in [3.8, 4) is 11.5 Å². The minimum absolute atomic E-state index is 0.00657. The molecule has 0 bridgehead atoms. The fourth-order valence-electron chi connectivity index (χ4n) is 4.77. The normalized spacial score (nSPS) is 18.5.